The molecule has 6 heteroatoms. The van der Waals surface area contributed by atoms with E-state index in [0.29, 0.717) is 24.5 Å². The number of amides is 1. The maximum Gasteiger partial charge on any atom is 0.220 e. The molecule has 0 atom stereocenters. The Morgan fingerprint density at radius 1 is 1.37 bits per heavy atom. The van der Waals surface area contributed by atoms with Gasteiger partial charge < -0.3 is 11.1 Å². The molecule has 1 amide bonds. The number of anilines is 1. The van der Waals surface area contributed by atoms with Gasteiger partial charge in [0.2, 0.25) is 5.91 Å². The van der Waals surface area contributed by atoms with Gasteiger partial charge in [-0.15, -0.1) is 11.3 Å². The molecule has 0 aliphatic rings. The van der Waals surface area contributed by atoms with E-state index in [1.54, 1.807) is 18.3 Å². The number of thiazole rings is 1. The van der Waals surface area contributed by atoms with Crippen LogP contribution in [-0.2, 0) is 17.8 Å². The molecule has 0 spiro atoms. The Hall–Kier alpha value is -1.95. The molecular weight excluding hydrogens is 265 g/mol. The van der Waals surface area contributed by atoms with Crippen LogP contribution in [0.2, 0.25) is 0 Å². The lowest BCUT2D eigenvalue weighted by Gasteiger charge is -2.03. The zero-order valence-electron chi connectivity index (χ0n) is 10.2. The van der Waals surface area contributed by atoms with Crippen LogP contribution in [0.1, 0.15) is 16.9 Å². The minimum Gasteiger partial charge on any atom is -0.375 e. The zero-order valence-corrected chi connectivity index (χ0v) is 11.0. The van der Waals surface area contributed by atoms with Crippen molar-refractivity contribution < 1.29 is 9.18 Å². The van der Waals surface area contributed by atoms with Crippen molar-refractivity contribution in [3.05, 3.63) is 46.7 Å². The molecule has 0 unspecified atom stereocenters. The smallest absolute Gasteiger partial charge is 0.220 e. The maximum atomic E-state index is 12.7. The fourth-order valence-electron chi connectivity index (χ4n) is 1.59. The van der Waals surface area contributed by atoms with Gasteiger partial charge in [0.15, 0.2) is 5.13 Å². The molecule has 0 bridgehead atoms. The van der Waals surface area contributed by atoms with E-state index in [0.717, 1.165) is 10.4 Å². The third-order valence-electron chi connectivity index (χ3n) is 2.59. The predicted molar refractivity (Wildman–Crippen MR) is 73.1 cm³/mol. The summed E-state index contributed by atoms with van der Waals surface area (Å²) in [4.78, 5) is 16.5. The van der Waals surface area contributed by atoms with Gasteiger partial charge in [-0.2, -0.15) is 0 Å². The van der Waals surface area contributed by atoms with E-state index in [-0.39, 0.29) is 11.7 Å². The van der Waals surface area contributed by atoms with Crippen LogP contribution < -0.4 is 11.1 Å². The molecule has 0 aliphatic heterocycles. The molecule has 3 N–H and O–H groups in total. The lowest BCUT2D eigenvalue weighted by atomic mass is 10.1. The summed E-state index contributed by atoms with van der Waals surface area (Å²) >= 11 is 1.36. The van der Waals surface area contributed by atoms with Crippen LogP contribution in [0.4, 0.5) is 9.52 Å². The summed E-state index contributed by atoms with van der Waals surface area (Å²) in [6, 6.07) is 6.17. The molecule has 0 aliphatic carbocycles. The number of hydrogen-bond donors (Lipinski definition) is 2. The number of aromatic nitrogens is 1. The van der Waals surface area contributed by atoms with E-state index in [2.05, 4.69) is 10.3 Å². The van der Waals surface area contributed by atoms with Gasteiger partial charge in [-0.25, -0.2) is 9.37 Å². The Morgan fingerprint density at radius 2 is 2.11 bits per heavy atom. The highest BCUT2D eigenvalue weighted by atomic mass is 32.1. The first-order valence-electron chi connectivity index (χ1n) is 5.85. The number of nitrogens with two attached hydrogens (primary N) is 1. The quantitative estimate of drug-likeness (QED) is 0.881. The minimum atomic E-state index is -0.268. The second-order valence-electron chi connectivity index (χ2n) is 4.07. The van der Waals surface area contributed by atoms with Crippen molar-refractivity contribution in [2.24, 2.45) is 0 Å². The summed E-state index contributed by atoms with van der Waals surface area (Å²) in [5.41, 5.74) is 6.44. The molecule has 1 heterocycles. The van der Waals surface area contributed by atoms with Crippen molar-refractivity contribution >= 4 is 22.4 Å². The van der Waals surface area contributed by atoms with Crippen LogP contribution in [-0.4, -0.2) is 10.9 Å². The van der Waals surface area contributed by atoms with Crippen LogP contribution in [0.25, 0.3) is 0 Å². The van der Waals surface area contributed by atoms with Crippen LogP contribution in [0.15, 0.2) is 30.5 Å². The number of carbonyl (C=O) groups is 1. The second-order valence-corrected chi connectivity index (χ2v) is 5.21. The first-order chi connectivity index (χ1) is 9.13. The SMILES string of the molecule is Nc1ncc(CNC(=O)CCc2ccc(F)cc2)s1. The third kappa shape index (κ3) is 4.33. The van der Waals surface area contributed by atoms with Gasteiger partial charge >= 0.3 is 0 Å². The van der Waals surface area contributed by atoms with E-state index in [9.17, 15) is 9.18 Å². The Bertz CT molecular complexity index is 553. The van der Waals surface area contributed by atoms with Crippen molar-refractivity contribution in [3.63, 3.8) is 0 Å². The number of halogens is 1. The van der Waals surface area contributed by atoms with E-state index < -0.39 is 0 Å². The Labute approximate surface area is 114 Å². The van der Waals surface area contributed by atoms with Crippen LogP contribution in [0.5, 0.6) is 0 Å². The average molecular weight is 279 g/mol. The summed E-state index contributed by atoms with van der Waals surface area (Å²) in [7, 11) is 0. The lowest BCUT2D eigenvalue weighted by Crippen LogP contribution is -2.22. The summed E-state index contributed by atoms with van der Waals surface area (Å²) in [5, 5.41) is 3.29. The van der Waals surface area contributed by atoms with Gasteiger partial charge in [0.05, 0.1) is 6.54 Å². The standard InChI is InChI=1S/C13H14FN3OS/c14-10-4-1-9(2-5-10)3-6-12(18)16-7-11-8-17-13(15)19-11/h1-2,4-5,8H,3,6-7H2,(H2,15,17)(H,16,18). The van der Waals surface area contributed by atoms with E-state index in [1.807, 2.05) is 0 Å². The van der Waals surface area contributed by atoms with Gasteiger partial charge in [-0.3, -0.25) is 4.79 Å². The van der Waals surface area contributed by atoms with Crippen molar-refractivity contribution in [3.8, 4) is 0 Å². The van der Waals surface area contributed by atoms with Crippen LogP contribution >= 0.6 is 11.3 Å². The number of nitrogens with one attached hydrogen (secondary N) is 1. The highest BCUT2D eigenvalue weighted by Gasteiger charge is 2.04. The van der Waals surface area contributed by atoms with Gasteiger partial charge in [0.1, 0.15) is 5.82 Å². The molecule has 0 saturated carbocycles. The van der Waals surface area contributed by atoms with Gasteiger partial charge in [0.25, 0.3) is 0 Å². The summed E-state index contributed by atoms with van der Waals surface area (Å²) < 4.78 is 12.7. The molecule has 0 fully saturated rings. The number of rotatable bonds is 5. The monoisotopic (exact) mass is 279 g/mol. The Kier molecular flexibility index (Phi) is 4.46. The normalized spacial score (nSPS) is 10.4. The lowest BCUT2D eigenvalue weighted by molar-refractivity contribution is -0.121. The molecule has 100 valence electrons. The number of benzene rings is 1. The van der Waals surface area contributed by atoms with Crippen molar-refractivity contribution in [2.45, 2.75) is 19.4 Å². The van der Waals surface area contributed by atoms with E-state index in [1.165, 1.54) is 23.5 Å². The number of aryl methyl sites for hydroxylation is 1. The molecule has 0 radical (unpaired) electrons. The van der Waals surface area contributed by atoms with E-state index in [4.69, 9.17) is 5.73 Å². The Balaban J connectivity index is 1.74. The van der Waals surface area contributed by atoms with Gasteiger partial charge in [0, 0.05) is 17.5 Å². The topological polar surface area (TPSA) is 68.0 Å². The summed E-state index contributed by atoms with van der Waals surface area (Å²) in [6.07, 6.45) is 2.62. The average Bonchev–Trinajstić information content (AvgIpc) is 2.81. The fraction of sp³-hybridized carbons (Fsp3) is 0.231. The zero-order chi connectivity index (χ0) is 13.7. The largest absolute Gasteiger partial charge is 0.375 e. The van der Waals surface area contributed by atoms with Crippen molar-refractivity contribution in [1.29, 1.82) is 0 Å². The number of carbonyl (C=O) groups excluding carboxylic acids is 1. The maximum absolute atomic E-state index is 12.7. The van der Waals surface area contributed by atoms with E-state index >= 15 is 0 Å². The van der Waals surface area contributed by atoms with Crippen molar-refractivity contribution in [1.82, 2.24) is 10.3 Å². The summed E-state index contributed by atoms with van der Waals surface area (Å²) in [5.74, 6) is -0.313. The minimum absolute atomic E-state index is 0.0451. The third-order valence-corrected chi connectivity index (χ3v) is 3.41. The van der Waals surface area contributed by atoms with Crippen LogP contribution in [0, 0.1) is 5.82 Å². The molecular formula is C13H14FN3OS. The van der Waals surface area contributed by atoms with Gasteiger partial charge in [-0.05, 0) is 24.1 Å². The van der Waals surface area contributed by atoms with Crippen molar-refractivity contribution in [2.75, 3.05) is 5.73 Å². The van der Waals surface area contributed by atoms with Crippen LogP contribution in [0.3, 0.4) is 0 Å². The molecule has 0 saturated heterocycles. The number of nitrogens with zero attached hydrogens (tertiary/aromatic N) is 1. The Morgan fingerprint density at radius 3 is 2.74 bits per heavy atom. The molecule has 4 nitrogen and oxygen atoms in total. The molecule has 1 aromatic heterocycles. The molecule has 1 aromatic carbocycles. The first kappa shape index (κ1) is 13.5. The molecule has 2 aromatic rings. The molecule has 19 heavy (non-hydrogen) atoms. The number of hydrogen-bond acceptors (Lipinski definition) is 4. The fourth-order valence-corrected chi connectivity index (χ4v) is 2.21. The molecule has 2 rings (SSSR count). The highest BCUT2D eigenvalue weighted by Crippen LogP contribution is 2.13. The predicted octanol–water partition coefficient (Wildman–Crippen LogP) is 2.11. The second kappa shape index (κ2) is 6.29. The van der Waals surface area contributed by atoms with Gasteiger partial charge in [-0.1, -0.05) is 12.1 Å². The highest BCUT2D eigenvalue weighted by molar-refractivity contribution is 7.15. The summed E-state index contributed by atoms with van der Waals surface area (Å²) in [6.45, 7) is 0.442. The first-order valence-corrected chi connectivity index (χ1v) is 6.66. The number of nitrogen functional groups attached to an aromatic ring is 1.